The molecule has 3 saturated heterocycles. The molecule has 8 nitrogen and oxygen atoms in total. The van der Waals surface area contributed by atoms with E-state index in [0.717, 1.165) is 25.6 Å². The fourth-order valence-electron chi connectivity index (χ4n) is 3.70. The summed E-state index contributed by atoms with van der Waals surface area (Å²) in [5.41, 5.74) is 0. The maximum Gasteiger partial charge on any atom is 0.324 e. The number of nitrogens with one attached hydrogen (secondary N) is 2. The summed E-state index contributed by atoms with van der Waals surface area (Å²) in [6.45, 7) is 8.21. The summed E-state index contributed by atoms with van der Waals surface area (Å²) in [6, 6.07) is 0.317. The average Bonchev–Trinajstić information content (AvgIpc) is 3.30. The van der Waals surface area contributed by atoms with Crippen LogP contribution < -0.4 is 10.6 Å². The van der Waals surface area contributed by atoms with E-state index in [4.69, 9.17) is 0 Å². The van der Waals surface area contributed by atoms with Gasteiger partial charge in [-0.3, -0.25) is 19.6 Å². The fourth-order valence-corrected chi connectivity index (χ4v) is 3.70. The highest BCUT2D eigenvalue weighted by Crippen LogP contribution is 2.20. The number of hydrogen-bond donors (Lipinski definition) is 2. The van der Waals surface area contributed by atoms with Crippen LogP contribution in [-0.2, 0) is 4.79 Å². The lowest BCUT2D eigenvalue weighted by Crippen LogP contribution is -2.43. The van der Waals surface area contributed by atoms with Gasteiger partial charge < -0.3 is 15.5 Å². The molecule has 9 heteroatoms. The summed E-state index contributed by atoms with van der Waals surface area (Å²) in [5.74, 6) is 0.724. The van der Waals surface area contributed by atoms with Crippen LogP contribution in [0.4, 0.5) is 4.79 Å². The molecule has 0 aromatic rings. The lowest BCUT2D eigenvalue weighted by Gasteiger charge is -2.25. The first-order chi connectivity index (χ1) is 11.7. The molecule has 0 aliphatic carbocycles. The third-order valence-corrected chi connectivity index (χ3v) is 4.98. The van der Waals surface area contributed by atoms with Crippen molar-refractivity contribution in [2.45, 2.75) is 32.2 Å². The minimum absolute atomic E-state index is 0. The van der Waals surface area contributed by atoms with E-state index in [9.17, 15) is 9.59 Å². The van der Waals surface area contributed by atoms with Crippen LogP contribution in [0.25, 0.3) is 0 Å². The lowest BCUT2D eigenvalue weighted by atomic mass is 10.2. The first-order valence-electron chi connectivity index (χ1n) is 9.04. The van der Waals surface area contributed by atoms with Crippen LogP contribution in [0.5, 0.6) is 0 Å². The van der Waals surface area contributed by atoms with Gasteiger partial charge in [0.2, 0.25) is 5.91 Å². The Morgan fingerprint density at radius 2 is 2.04 bits per heavy atom. The number of aliphatic imine (C=N–C) groups is 1. The molecule has 3 heterocycles. The Labute approximate surface area is 166 Å². The van der Waals surface area contributed by atoms with Crippen molar-refractivity contribution in [2.75, 3.05) is 52.4 Å². The number of hydrogen-bond acceptors (Lipinski definition) is 4. The Balaban J connectivity index is 0.00000225. The molecule has 3 aliphatic heterocycles. The molecule has 0 aromatic carbocycles. The van der Waals surface area contributed by atoms with Crippen molar-refractivity contribution < 1.29 is 9.59 Å². The van der Waals surface area contributed by atoms with Crippen LogP contribution in [0.1, 0.15) is 26.2 Å². The fraction of sp³-hybridized carbons (Fsp3) is 0.812. The maximum absolute atomic E-state index is 11.6. The zero-order valence-corrected chi connectivity index (χ0v) is 17.2. The Morgan fingerprint density at radius 3 is 2.68 bits per heavy atom. The van der Waals surface area contributed by atoms with Crippen LogP contribution >= 0.6 is 24.0 Å². The Morgan fingerprint density at radius 1 is 1.28 bits per heavy atom. The highest BCUT2D eigenvalue weighted by molar-refractivity contribution is 14.0. The average molecular weight is 464 g/mol. The molecule has 0 radical (unpaired) electrons. The van der Waals surface area contributed by atoms with Gasteiger partial charge in [0.25, 0.3) is 0 Å². The lowest BCUT2D eigenvalue weighted by molar-refractivity contribution is -0.124. The molecule has 0 saturated carbocycles. The molecule has 142 valence electrons. The van der Waals surface area contributed by atoms with Gasteiger partial charge in [-0.2, -0.15) is 0 Å². The standard InChI is InChI=1S/C16H28N6O2.HI/c1-2-17-15(18-6-10-22-14(23)11-19-16(22)24)21-9-5-13(12-21)20-7-3-4-8-20;/h13H,2-12H2,1H3,(H,17,18)(H,19,24);1H. The number of carbonyl (C=O) groups is 2. The molecule has 3 fully saturated rings. The summed E-state index contributed by atoms with van der Waals surface area (Å²) in [5, 5.41) is 5.87. The number of carbonyl (C=O) groups excluding carboxylic acids is 2. The van der Waals surface area contributed by atoms with Gasteiger partial charge in [-0.05, 0) is 39.3 Å². The molecule has 3 amide bonds. The van der Waals surface area contributed by atoms with Gasteiger partial charge in [-0.15, -0.1) is 24.0 Å². The van der Waals surface area contributed by atoms with Gasteiger partial charge in [0.05, 0.1) is 19.6 Å². The molecule has 1 unspecified atom stereocenters. The molecule has 25 heavy (non-hydrogen) atoms. The Hall–Kier alpha value is -1.10. The van der Waals surface area contributed by atoms with Crippen molar-refractivity contribution in [3.8, 4) is 0 Å². The summed E-state index contributed by atoms with van der Waals surface area (Å²) >= 11 is 0. The van der Waals surface area contributed by atoms with E-state index >= 15 is 0 Å². The first kappa shape index (κ1) is 20.2. The predicted molar refractivity (Wildman–Crippen MR) is 107 cm³/mol. The molecular formula is C16H29IN6O2. The second-order valence-corrected chi connectivity index (χ2v) is 6.57. The zero-order chi connectivity index (χ0) is 16.9. The highest BCUT2D eigenvalue weighted by Gasteiger charge is 2.31. The van der Waals surface area contributed by atoms with Crippen LogP contribution in [0.15, 0.2) is 4.99 Å². The van der Waals surface area contributed by atoms with Gasteiger partial charge in [0.1, 0.15) is 0 Å². The molecule has 3 rings (SSSR count). The number of rotatable bonds is 5. The second-order valence-electron chi connectivity index (χ2n) is 6.57. The van der Waals surface area contributed by atoms with E-state index in [1.807, 2.05) is 0 Å². The van der Waals surface area contributed by atoms with Crippen LogP contribution in [0.3, 0.4) is 0 Å². The van der Waals surface area contributed by atoms with E-state index in [-0.39, 0.29) is 42.5 Å². The molecule has 3 aliphatic rings. The van der Waals surface area contributed by atoms with Gasteiger partial charge in [-0.25, -0.2) is 4.79 Å². The largest absolute Gasteiger partial charge is 0.357 e. The normalized spacial score (nSPS) is 24.7. The molecule has 0 spiro atoms. The van der Waals surface area contributed by atoms with Crippen molar-refractivity contribution >= 4 is 41.9 Å². The number of amides is 3. The Bertz CT molecular complexity index is 493. The molecular weight excluding hydrogens is 435 g/mol. The summed E-state index contributed by atoms with van der Waals surface area (Å²) in [7, 11) is 0. The van der Waals surface area contributed by atoms with Crippen molar-refractivity contribution in [3.05, 3.63) is 0 Å². The van der Waals surface area contributed by atoms with E-state index in [1.165, 1.54) is 37.3 Å². The van der Waals surface area contributed by atoms with Gasteiger partial charge in [0.15, 0.2) is 5.96 Å². The third-order valence-electron chi connectivity index (χ3n) is 4.98. The first-order valence-corrected chi connectivity index (χ1v) is 9.04. The summed E-state index contributed by atoms with van der Waals surface area (Å²) in [6.07, 6.45) is 3.81. The van der Waals surface area contributed by atoms with Gasteiger partial charge >= 0.3 is 6.03 Å². The SMILES string of the molecule is CCNC(=NCCN1C(=O)CNC1=O)N1CCC(N2CCCC2)C1.I. The van der Waals surface area contributed by atoms with Gasteiger partial charge in [-0.1, -0.05) is 0 Å². The van der Waals surface area contributed by atoms with Crippen molar-refractivity contribution in [1.29, 1.82) is 0 Å². The number of urea groups is 1. The number of likely N-dealkylation sites (tertiary alicyclic amines) is 2. The van der Waals surface area contributed by atoms with E-state index in [0.29, 0.717) is 19.1 Å². The minimum atomic E-state index is -0.310. The quantitative estimate of drug-likeness (QED) is 0.265. The van der Waals surface area contributed by atoms with Crippen molar-refractivity contribution in [3.63, 3.8) is 0 Å². The monoisotopic (exact) mass is 464 g/mol. The third kappa shape index (κ3) is 4.96. The number of nitrogens with zero attached hydrogens (tertiary/aromatic N) is 4. The number of halogens is 1. The number of imide groups is 1. The van der Waals surface area contributed by atoms with Crippen LogP contribution in [-0.4, -0.2) is 91.0 Å². The number of guanidine groups is 1. The smallest absolute Gasteiger partial charge is 0.324 e. The topological polar surface area (TPSA) is 80.3 Å². The van der Waals surface area contributed by atoms with E-state index < -0.39 is 0 Å². The Kier molecular flexibility index (Phi) is 7.73. The summed E-state index contributed by atoms with van der Waals surface area (Å²) < 4.78 is 0. The molecule has 0 aromatic heterocycles. The highest BCUT2D eigenvalue weighted by atomic mass is 127. The van der Waals surface area contributed by atoms with Crippen LogP contribution in [0, 0.1) is 0 Å². The second kappa shape index (κ2) is 9.56. The van der Waals surface area contributed by atoms with Crippen molar-refractivity contribution in [1.82, 2.24) is 25.3 Å². The molecule has 1 atom stereocenters. The minimum Gasteiger partial charge on any atom is -0.357 e. The van der Waals surface area contributed by atoms with Crippen molar-refractivity contribution in [2.24, 2.45) is 4.99 Å². The molecule has 0 bridgehead atoms. The van der Waals surface area contributed by atoms with E-state index in [1.54, 1.807) is 0 Å². The molecule has 2 N–H and O–H groups in total. The maximum atomic E-state index is 11.6. The van der Waals surface area contributed by atoms with Crippen LogP contribution in [0.2, 0.25) is 0 Å². The summed E-state index contributed by atoms with van der Waals surface area (Å²) in [4.78, 5) is 33.9. The predicted octanol–water partition coefficient (Wildman–Crippen LogP) is 0.292. The zero-order valence-electron chi connectivity index (χ0n) is 14.9. The van der Waals surface area contributed by atoms with E-state index in [2.05, 4.69) is 32.3 Å². The van der Waals surface area contributed by atoms with Gasteiger partial charge in [0, 0.05) is 25.7 Å².